The van der Waals surface area contributed by atoms with Gasteiger partial charge in [0, 0.05) is 62.6 Å². The normalized spacial score (nSPS) is 23.1. The van der Waals surface area contributed by atoms with Gasteiger partial charge in [0.1, 0.15) is 0 Å². The second kappa shape index (κ2) is 8.52. The summed E-state index contributed by atoms with van der Waals surface area (Å²) < 4.78 is 0. The van der Waals surface area contributed by atoms with Gasteiger partial charge in [-0.15, -0.1) is 10.2 Å². The minimum Gasteiger partial charge on any atom is -0.372 e. The summed E-state index contributed by atoms with van der Waals surface area (Å²) in [6.07, 6.45) is 6.65. The Labute approximate surface area is 180 Å². The highest BCUT2D eigenvalue weighted by Gasteiger charge is 2.34. The van der Waals surface area contributed by atoms with Crippen LogP contribution in [0.3, 0.4) is 0 Å². The molecule has 2 aromatic rings. The fourth-order valence-corrected chi connectivity index (χ4v) is 5.07. The van der Waals surface area contributed by atoms with Gasteiger partial charge in [-0.1, -0.05) is 6.07 Å². The van der Waals surface area contributed by atoms with Crippen LogP contribution in [-0.4, -0.2) is 59.9 Å². The fraction of sp³-hybridized carbons (Fsp3) is 0.583. The fourth-order valence-electron chi connectivity index (χ4n) is 5.07. The van der Waals surface area contributed by atoms with Gasteiger partial charge < -0.3 is 15.5 Å². The van der Waals surface area contributed by atoms with E-state index in [9.17, 15) is 0 Å². The lowest BCUT2D eigenvalue weighted by Gasteiger charge is -2.40. The molecule has 0 bridgehead atoms. The van der Waals surface area contributed by atoms with Gasteiger partial charge in [-0.2, -0.15) is 0 Å². The van der Waals surface area contributed by atoms with Gasteiger partial charge in [-0.05, 0) is 68.9 Å². The van der Waals surface area contributed by atoms with E-state index in [1.54, 1.807) is 0 Å². The third-order valence-corrected chi connectivity index (χ3v) is 6.97. The first-order valence-electron chi connectivity index (χ1n) is 11.7. The molecule has 2 aliphatic heterocycles. The van der Waals surface area contributed by atoms with Crippen molar-refractivity contribution < 1.29 is 0 Å². The molecule has 160 valence electrons. The summed E-state index contributed by atoms with van der Waals surface area (Å²) in [6.45, 7) is 8.39. The van der Waals surface area contributed by atoms with E-state index in [-0.39, 0.29) is 0 Å². The average Bonchev–Trinajstić information content (AvgIpc) is 3.65. The monoisotopic (exact) mass is 406 g/mol. The Morgan fingerprint density at radius 2 is 1.80 bits per heavy atom. The van der Waals surface area contributed by atoms with Crippen molar-refractivity contribution in [1.29, 1.82) is 0 Å². The molecule has 5 rings (SSSR count). The average molecular weight is 407 g/mol. The number of hydrogen-bond donors (Lipinski definition) is 1. The van der Waals surface area contributed by atoms with Crippen LogP contribution < -0.4 is 15.5 Å². The topological polar surface area (TPSA) is 61.5 Å². The Morgan fingerprint density at radius 1 is 0.967 bits per heavy atom. The molecular weight excluding hydrogens is 372 g/mol. The largest absolute Gasteiger partial charge is 0.372 e. The number of hydrogen-bond acceptors (Lipinski definition) is 6. The highest BCUT2D eigenvalue weighted by atomic mass is 15.3. The molecule has 1 unspecified atom stereocenters. The van der Waals surface area contributed by atoms with Crippen molar-refractivity contribution in [2.45, 2.75) is 57.7 Å². The van der Waals surface area contributed by atoms with Crippen LogP contribution in [-0.2, 0) is 6.54 Å². The van der Waals surface area contributed by atoms with E-state index in [2.05, 4.69) is 62.2 Å². The molecule has 1 aromatic heterocycles. The first-order chi connectivity index (χ1) is 14.7. The summed E-state index contributed by atoms with van der Waals surface area (Å²) in [5.74, 6) is 0.987. The summed E-state index contributed by atoms with van der Waals surface area (Å²) in [5, 5.41) is 9.21. The second-order valence-electron chi connectivity index (χ2n) is 9.14. The molecular formula is C24H34N6. The molecule has 1 aliphatic carbocycles. The quantitative estimate of drug-likeness (QED) is 0.822. The summed E-state index contributed by atoms with van der Waals surface area (Å²) in [5.41, 5.74) is 10.6. The van der Waals surface area contributed by atoms with E-state index >= 15 is 0 Å². The Morgan fingerprint density at radius 3 is 2.47 bits per heavy atom. The van der Waals surface area contributed by atoms with Crippen molar-refractivity contribution in [3.8, 4) is 11.3 Å². The SMILES string of the molecule is CC1CN(C2CC2)CCN1c1ccc(-c2ccc(N3CCCCC3)cc2CN)nn1. The Hall–Kier alpha value is -2.18. The molecule has 2 saturated heterocycles. The van der Waals surface area contributed by atoms with Gasteiger partial charge >= 0.3 is 0 Å². The van der Waals surface area contributed by atoms with Gasteiger partial charge in [-0.3, -0.25) is 4.90 Å². The second-order valence-corrected chi connectivity index (χ2v) is 9.14. The van der Waals surface area contributed by atoms with E-state index < -0.39 is 0 Å². The number of aromatic nitrogens is 2. The summed E-state index contributed by atoms with van der Waals surface area (Å²) in [4.78, 5) is 7.52. The predicted octanol–water partition coefficient (Wildman–Crippen LogP) is 3.27. The molecule has 0 amide bonds. The number of nitrogens with zero attached hydrogens (tertiary/aromatic N) is 5. The van der Waals surface area contributed by atoms with E-state index in [4.69, 9.17) is 5.73 Å². The van der Waals surface area contributed by atoms with Gasteiger partial charge in [0.15, 0.2) is 5.82 Å². The van der Waals surface area contributed by atoms with Crippen LogP contribution in [0.2, 0.25) is 0 Å². The van der Waals surface area contributed by atoms with Crippen LogP contribution in [0.4, 0.5) is 11.5 Å². The third-order valence-electron chi connectivity index (χ3n) is 6.97. The van der Waals surface area contributed by atoms with Crippen molar-refractivity contribution in [3.05, 3.63) is 35.9 Å². The first-order valence-corrected chi connectivity index (χ1v) is 11.7. The molecule has 6 nitrogen and oxygen atoms in total. The zero-order chi connectivity index (χ0) is 20.5. The number of anilines is 2. The molecule has 0 spiro atoms. The maximum Gasteiger partial charge on any atom is 0.151 e. The smallest absolute Gasteiger partial charge is 0.151 e. The standard InChI is InChI=1S/C24H34N6/c1-18-17-29(20-5-6-20)13-14-30(18)24-10-9-23(26-27-24)22-8-7-21(15-19(22)16-25)28-11-3-2-4-12-28/h7-10,15,18,20H,2-6,11-14,16-17,25H2,1H3. The lowest BCUT2D eigenvalue weighted by molar-refractivity contribution is 0.219. The third kappa shape index (κ3) is 4.03. The minimum atomic E-state index is 0.475. The minimum absolute atomic E-state index is 0.475. The molecule has 1 saturated carbocycles. The number of piperidine rings is 1. The van der Waals surface area contributed by atoms with Crippen LogP contribution in [0.5, 0.6) is 0 Å². The Kier molecular flexibility index (Phi) is 5.61. The first kappa shape index (κ1) is 19.8. The van der Waals surface area contributed by atoms with Crippen LogP contribution >= 0.6 is 0 Å². The summed E-state index contributed by atoms with van der Waals surface area (Å²) >= 11 is 0. The molecule has 1 atom stereocenters. The number of benzene rings is 1. The van der Waals surface area contributed by atoms with Crippen molar-refractivity contribution in [2.24, 2.45) is 5.73 Å². The van der Waals surface area contributed by atoms with E-state index in [0.29, 0.717) is 12.6 Å². The molecule has 0 radical (unpaired) electrons. The molecule has 3 heterocycles. The Balaban J connectivity index is 1.32. The van der Waals surface area contributed by atoms with E-state index in [1.807, 2.05) is 0 Å². The van der Waals surface area contributed by atoms with E-state index in [1.165, 1.54) is 37.8 Å². The van der Waals surface area contributed by atoms with Crippen LogP contribution in [0, 0.1) is 0 Å². The highest BCUT2D eigenvalue weighted by molar-refractivity contribution is 5.68. The van der Waals surface area contributed by atoms with Gasteiger partial charge in [-0.25, -0.2) is 0 Å². The van der Waals surface area contributed by atoms with Gasteiger partial charge in [0.25, 0.3) is 0 Å². The van der Waals surface area contributed by atoms with Crippen LogP contribution in [0.25, 0.3) is 11.3 Å². The van der Waals surface area contributed by atoms with Crippen molar-refractivity contribution in [2.75, 3.05) is 42.5 Å². The molecule has 2 N–H and O–H groups in total. The highest BCUT2D eigenvalue weighted by Crippen LogP contribution is 2.31. The number of nitrogens with two attached hydrogens (primary N) is 1. The number of rotatable bonds is 5. The molecule has 1 aromatic carbocycles. The summed E-state index contributed by atoms with van der Waals surface area (Å²) in [7, 11) is 0. The lowest BCUT2D eigenvalue weighted by atomic mass is 10.0. The van der Waals surface area contributed by atoms with Crippen LogP contribution in [0.15, 0.2) is 30.3 Å². The lowest BCUT2D eigenvalue weighted by Crippen LogP contribution is -2.52. The molecule has 6 heteroatoms. The molecule has 30 heavy (non-hydrogen) atoms. The predicted molar refractivity (Wildman–Crippen MR) is 123 cm³/mol. The van der Waals surface area contributed by atoms with Crippen molar-refractivity contribution in [1.82, 2.24) is 15.1 Å². The van der Waals surface area contributed by atoms with Crippen LogP contribution in [0.1, 0.15) is 44.6 Å². The van der Waals surface area contributed by atoms with Gasteiger partial charge in [0.05, 0.1) is 5.69 Å². The maximum atomic E-state index is 6.11. The Bertz CT molecular complexity index is 856. The van der Waals surface area contributed by atoms with E-state index in [0.717, 1.165) is 61.4 Å². The van der Waals surface area contributed by atoms with Crippen molar-refractivity contribution in [3.63, 3.8) is 0 Å². The van der Waals surface area contributed by atoms with Gasteiger partial charge in [0.2, 0.25) is 0 Å². The summed E-state index contributed by atoms with van der Waals surface area (Å²) in [6, 6.07) is 12.2. The zero-order valence-electron chi connectivity index (χ0n) is 18.1. The number of piperazine rings is 1. The molecule has 3 fully saturated rings. The molecule has 3 aliphatic rings. The van der Waals surface area contributed by atoms with Crippen molar-refractivity contribution >= 4 is 11.5 Å². The maximum absolute atomic E-state index is 6.11. The zero-order valence-corrected chi connectivity index (χ0v) is 18.1.